The summed E-state index contributed by atoms with van der Waals surface area (Å²) in [6.45, 7) is 4.58. The Morgan fingerprint density at radius 3 is 2.45 bits per heavy atom. The summed E-state index contributed by atoms with van der Waals surface area (Å²) in [4.78, 5) is 22.1. The number of carboxylic acids is 1. The third-order valence-electron chi connectivity index (χ3n) is 3.27. The second-order valence-corrected chi connectivity index (χ2v) is 4.90. The molecule has 0 aromatic rings. The van der Waals surface area contributed by atoms with Gasteiger partial charge in [0.1, 0.15) is 0 Å². The van der Waals surface area contributed by atoms with E-state index in [-0.39, 0.29) is 18.5 Å². The van der Waals surface area contributed by atoms with Crippen molar-refractivity contribution in [3.05, 3.63) is 0 Å². The first kappa shape index (κ1) is 18.3. The van der Waals surface area contributed by atoms with Gasteiger partial charge in [-0.1, -0.05) is 32.6 Å². The van der Waals surface area contributed by atoms with Crippen molar-refractivity contribution < 1.29 is 14.7 Å². The average Bonchev–Trinajstić information content (AvgIpc) is 2.41. The summed E-state index contributed by atoms with van der Waals surface area (Å²) in [5, 5.41) is 14.1. The molecule has 0 saturated heterocycles. The summed E-state index contributed by atoms with van der Waals surface area (Å²) in [5.41, 5.74) is 0. The Bertz CT molecular complexity index is 337. The number of hydrogen-bond donors (Lipinski definition) is 3. The monoisotopic (exact) mass is 282 g/mol. The molecule has 0 saturated carbocycles. The van der Waals surface area contributed by atoms with Gasteiger partial charge in [0.2, 0.25) is 0 Å². The number of urea groups is 1. The molecule has 0 radical (unpaired) electrons. The molecule has 0 fully saturated rings. The second-order valence-electron chi connectivity index (χ2n) is 4.90. The summed E-state index contributed by atoms with van der Waals surface area (Å²) in [5.74, 6) is 2.09. The summed E-state index contributed by atoms with van der Waals surface area (Å²) >= 11 is 0. The van der Waals surface area contributed by atoms with Gasteiger partial charge in [0.15, 0.2) is 0 Å². The Labute approximate surface area is 121 Å². The van der Waals surface area contributed by atoms with Gasteiger partial charge in [0, 0.05) is 13.0 Å². The number of hydrogen-bond acceptors (Lipinski definition) is 2. The zero-order chi connectivity index (χ0) is 15.4. The van der Waals surface area contributed by atoms with E-state index in [4.69, 9.17) is 11.5 Å². The Morgan fingerprint density at radius 2 is 1.95 bits per heavy atom. The lowest BCUT2D eigenvalue weighted by Crippen LogP contribution is -2.42. The topological polar surface area (TPSA) is 78.4 Å². The molecular formula is C15H26N2O3. The molecule has 0 heterocycles. The predicted molar refractivity (Wildman–Crippen MR) is 79.3 cm³/mol. The highest BCUT2D eigenvalue weighted by Crippen LogP contribution is 2.14. The Hall–Kier alpha value is -1.70. The summed E-state index contributed by atoms with van der Waals surface area (Å²) in [6.07, 6.45) is 9.54. The molecule has 2 atom stereocenters. The minimum Gasteiger partial charge on any atom is -0.481 e. The SMILES string of the molecule is C#CC(CCC)NC(=O)NCCC(CC)CCC(=O)O. The molecule has 5 heteroatoms. The Morgan fingerprint density at radius 1 is 1.25 bits per heavy atom. The van der Waals surface area contributed by atoms with E-state index in [9.17, 15) is 9.59 Å². The minimum absolute atomic E-state index is 0.181. The lowest BCUT2D eigenvalue weighted by molar-refractivity contribution is -0.137. The number of rotatable bonds is 10. The average molecular weight is 282 g/mol. The first-order valence-electron chi connectivity index (χ1n) is 7.25. The smallest absolute Gasteiger partial charge is 0.315 e. The van der Waals surface area contributed by atoms with Crippen LogP contribution in [0.4, 0.5) is 4.79 Å². The third-order valence-corrected chi connectivity index (χ3v) is 3.27. The van der Waals surface area contributed by atoms with Crippen LogP contribution in [0.15, 0.2) is 0 Å². The molecule has 2 amide bonds. The van der Waals surface area contributed by atoms with Crippen LogP contribution in [0.3, 0.4) is 0 Å². The van der Waals surface area contributed by atoms with Gasteiger partial charge >= 0.3 is 12.0 Å². The highest BCUT2D eigenvalue weighted by Gasteiger charge is 2.11. The number of carbonyl (C=O) groups excluding carboxylic acids is 1. The van der Waals surface area contributed by atoms with E-state index in [1.54, 1.807) is 0 Å². The van der Waals surface area contributed by atoms with Gasteiger partial charge < -0.3 is 15.7 Å². The van der Waals surface area contributed by atoms with Gasteiger partial charge in [0.25, 0.3) is 0 Å². The van der Waals surface area contributed by atoms with Crippen molar-refractivity contribution in [1.82, 2.24) is 10.6 Å². The van der Waals surface area contributed by atoms with Gasteiger partial charge in [-0.3, -0.25) is 4.79 Å². The van der Waals surface area contributed by atoms with E-state index in [0.29, 0.717) is 18.9 Å². The summed E-state index contributed by atoms with van der Waals surface area (Å²) < 4.78 is 0. The van der Waals surface area contributed by atoms with Crippen molar-refractivity contribution in [2.24, 2.45) is 5.92 Å². The van der Waals surface area contributed by atoms with Crippen LogP contribution in [0.5, 0.6) is 0 Å². The number of aliphatic carboxylic acids is 1. The lowest BCUT2D eigenvalue weighted by atomic mass is 9.97. The number of carbonyl (C=O) groups is 2. The predicted octanol–water partition coefficient (Wildman–Crippen LogP) is 2.37. The normalized spacial score (nSPS) is 13.1. The van der Waals surface area contributed by atoms with Gasteiger partial charge in [-0.05, 0) is 25.2 Å². The Balaban J connectivity index is 3.88. The van der Waals surface area contributed by atoms with Crippen molar-refractivity contribution >= 4 is 12.0 Å². The molecule has 0 aromatic heterocycles. The molecule has 0 aromatic carbocycles. The quantitative estimate of drug-likeness (QED) is 0.538. The fourth-order valence-electron chi connectivity index (χ4n) is 1.97. The molecule has 0 bridgehead atoms. The number of terminal acetylenes is 1. The van der Waals surface area contributed by atoms with E-state index in [0.717, 1.165) is 25.7 Å². The Kier molecular flexibility index (Phi) is 10.2. The first-order chi connectivity index (χ1) is 9.53. The van der Waals surface area contributed by atoms with Gasteiger partial charge in [-0.2, -0.15) is 0 Å². The molecule has 0 rings (SSSR count). The maximum Gasteiger partial charge on any atom is 0.315 e. The molecule has 2 unspecified atom stereocenters. The van der Waals surface area contributed by atoms with E-state index in [1.165, 1.54) is 0 Å². The van der Waals surface area contributed by atoms with Crippen LogP contribution < -0.4 is 10.6 Å². The van der Waals surface area contributed by atoms with Gasteiger partial charge in [-0.25, -0.2) is 4.79 Å². The number of nitrogens with one attached hydrogen (secondary N) is 2. The molecule has 5 nitrogen and oxygen atoms in total. The van der Waals surface area contributed by atoms with Crippen LogP contribution in [0.2, 0.25) is 0 Å². The van der Waals surface area contributed by atoms with Gasteiger partial charge in [-0.15, -0.1) is 6.42 Å². The van der Waals surface area contributed by atoms with Crippen LogP contribution in [-0.4, -0.2) is 29.7 Å². The molecule has 0 aliphatic rings. The second kappa shape index (κ2) is 11.2. The van der Waals surface area contributed by atoms with E-state index in [1.807, 2.05) is 13.8 Å². The molecule has 0 aliphatic heterocycles. The maximum atomic E-state index is 11.6. The molecule has 0 aliphatic carbocycles. The van der Waals surface area contributed by atoms with Crippen LogP contribution >= 0.6 is 0 Å². The van der Waals surface area contributed by atoms with E-state index < -0.39 is 5.97 Å². The van der Waals surface area contributed by atoms with Crippen LogP contribution in [0, 0.1) is 18.3 Å². The molecule has 20 heavy (non-hydrogen) atoms. The highest BCUT2D eigenvalue weighted by molar-refractivity contribution is 5.74. The van der Waals surface area contributed by atoms with Gasteiger partial charge in [0.05, 0.1) is 6.04 Å². The zero-order valence-corrected chi connectivity index (χ0v) is 12.4. The highest BCUT2D eigenvalue weighted by atomic mass is 16.4. The molecular weight excluding hydrogens is 256 g/mol. The molecule has 3 N–H and O–H groups in total. The van der Waals surface area contributed by atoms with E-state index >= 15 is 0 Å². The zero-order valence-electron chi connectivity index (χ0n) is 12.4. The largest absolute Gasteiger partial charge is 0.481 e. The van der Waals surface area contributed by atoms with Crippen molar-refractivity contribution in [3.8, 4) is 12.3 Å². The first-order valence-corrected chi connectivity index (χ1v) is 7.25. The molecule has 114 valence electrons. The van der Waals surface area contributed by atoms with Crippen LogP contribution in [0.1, 0.15) is 52.4 Å². The maximum absolute atomic E-state index is 11.6. The van der Waals surface area contributed by atoms with Crippen molar-refractivity contribution in [3.63, 3.8) is 0 Å². The standard InChI is InChI=1S/C15H26N2O3/c1-4-7-13(6-3)17-15(20)16-11-10-12(5-2)8-9-14(18)19/h3,12-13H,4-5,7-11H2,1-2H3,(H,18,19)(H2,16,17,20). The third kappa shape index (κ3) is 9.26. The number of carboxylic acid groups (broad SMARTS) is 1. The summed E-state index contributed by atoms with van der Waals surface area (Å²) in [6, 6.07) is -0.483. The lowest BCUT2D eigenvalue weighted by Gasteiger charge is -2.16. The minimum atomic E-state index is -0.773. The van der Waals surface area contributed by atoms with Crippen LogP contribution in [0.25, 0.3) is 0 Å². The fourth-order valence-corrected chi connectivity index (χ4v) is 1.97. The van der Waals surface area contributed by atoms with E-state index in [2.05, 4.69) is 16.6 Å². The molecule has 0 spiro atoms. The van der Waals surface area contributed by atoms with Crippen molar-refractivity contribution in [1.29, 1.82) is 0 Å². The van der Waals surface area contributed by atoms with Crippen molar-refractivity contribution in [2.45, 2.75) is 58.4 Å². The number of amides is 2. The fraction of sp³-hybridized carbons (Fsp3) is 0.733. The van der Waals surface area contributed by atoms with Crippen molar-refractivity contribution in [2.75, 3.05) is 6.54 Å². The van der Waals surface area contributed by atoms with Crippen LogP contribution in [-0.2, 0) is 4.79 Å². The summed E-state index contributed by atoms with van der Waals surface area (Å²) in [7, 11) is 0.